The van der Waals surface area contributed by atoms with E-state index in [9.17, 15) is 9.18 Å². The monoisotopic (exact) mass is 380 g/mol. The lowest BCUT2D eigenvalue weighted by Crippen LogP contribution is -2.48. The van der Waals surface area contributed by atoms with Crippen molar-refractivity contribution in [1.82, 2.24) is 19.9 Å². The molecule has 2 heterocycles. The quantitative estimate of drug-likeness (QED) is 0.696. The Bertz CT molecular complexity index is 945. The van der Waals surface area contributed by atoms with Crippen LogP contribution in [0, 0.1) is 12.7 Å². The highest BCUT2D eigenvalue weighted by atomic mass is 19.1. The Morgan fingerprint density at radius 3 is 2.39 bits per heavy atom. The number of hydrogen-bond acceptors (Lipinski definition) is 5. The number of piperazine rings is 1. The Morgan fingerprint density at radius 2 is 1.71 bits per heavy atom. The van der Waals surface area contributed by atoms with E-state index in [-0.39, 0.29) is 11.7 Å². The molecule has 0 radical (unpaired) electrons. The number of hydrogen-bond donors (Lipinski definition) is 0. The van der Waals surface area contributed by atoms with Crippen LogP contribution in [0.5, 0.6) is 0 Å². The Morgan fingerprint density at radius 1 is 1.04 bits per heavy atom. The van der Waals surface area contributed by atoms with Crippen LogP contribution in [0.1, 0.15) is 21.8 Å². The average molecular weight is 380 g/mol. The molecule has 1 saturated heterocycles. The summed E-state index contributed by atoms with van der Waals surface area (Å²) >= 11 is 0. The molecule has 6 nitrogen and oxygen atoms in total. The van der Waals surface area contributed by atoms with Gasteiger partial charge >= 0.3 is 0 Å². The van der Waals surface area contributed by atoms with Crippen LogP contribution in [0.25, 0.3) is 11.4 Å². The molecule has 0 aliphatic carbocycles. The lowest BCUT2D eigenvalue weighted by Gasteiger charge is -2.34. The van der Waals surface area contributed by atoms with Gasteiger partial charge in [0.25, 0.3) is 5.91 Å². The molecule has 0 saturated carbocycles. The predicted octanol–water partition coefficient (Wildman–Crippen LogP) is 3.14. The first-order valence-corrected chi connectivity index (χ1v) is 9.25. The normalized spacial score (nSPS) is 15.0. The lowest BCUT2D eigenvalue weighted by atomic mass is 10.1. The summed E-state index contributed by atoms with van der Waals surface area (Å²) in [6, 6.07) is 13.7. The molecule has 1 aliphatic heterocycles. The number of aromatic nitrogens is 2. The highest BCUT2D eigenvalue weighted by molar-refractivity contribution is 5.94. The van der Waals surface area contributed by atoms with Gasteiger partial charge in [-0.15, -0.1) is 0 Å². The minimum atomic E-state index is -0.342. The van der Waals surface area contributed by atoms with E-state index < -0.39 is 0 Å². The van der Waals surface area contributed by atoms with E-state index in [0.717, 1.165) is 18.7 Å². The van der Waals surface area contributed by atoms with Crippen molar-refractivity contribution in [2.24, 2.45) is 0 Å². The zero-order chi connectivity index (χ0) is 19.5. The van der Waals surface area contributed by atoms with E-state index >= 15 is 0 Å². The van der Waals surface area contributed by atoms with E-state index in [2.05, 4.69) is 15.0 Å². The third-order valence-electron chi connectivity index (χ3n) is 4.89. The minimum Gasteiger partial charge on any atom is -0.338 e. The van der Waals surface area contributed by atoms with Gasteiger partial charge in [0.15, 0.2) is 0 Å². The van der Waals surface area contributed by atoms with Crippen LogP contribution < -0.4 is 0 Å². The van der Waals surface area contributed by atoms with E-state index in [4.69, 9.17) is 4.52 Å². The summed E-state index contributed by atoms with van der Waals surface area (Å²) in [6.45, 7) is 5.23. The van der Waals surface area contributed by atoms with E-state index in [1.165, 1.54) is 29.8 Å². The summed E-state index contributed by atoms with van der Waals surface area (Å²) in [5.41, 5.74) is 2.62. The molecular weight excluding hydrogens is 359 g/mol. The zero-order valence-corrected chi connectivity index (χ0v) is 15.6. The van der Waals surface area contributed by atoms with Crippen molar-refractivity contribution >= 4 is 5.91 Å². The second-order valence-corrected chi connectivity index (χ2v) is 6.95. The molecule has 4 rings (SSSR count). The van der Waals surface area contributed by atoms with Gasteiger partial charge in [-0.1, -0.05) is 35.0 Å². The van der Waals surface area contributed by atoms with Crippen LogP contribution in [0.2, 0.25) is 0 Å². The molecular formula is C21H21FN4O2. The predicted molar refractivity (Wildman–Crippen MR) is 102 cm³/mol. The first-order valence-electron chi connectivity index (χ1n) is 9.25. The first-order chi connectivity index (χ1) is 13.6. The maximum absolute atomic E-state index is 13.0. The average Bonchev–Trinajstić information content (AvgIpc) is 3.18. The number of halogens is 1. The number of aryl methyl sites for hydroxylation is 1. The molecule has 0 spiro atoms. The first kappa shape index (κ1) is 18.3. The van der Waals surface area contributed by atoms with Gasteiger partial charge in [0, 0.05) is 37.3 Å². The molecule has 1 aromatic heterocycles. The Labute approximate surface area is 162 Å². The molecule has 2 aromatic carbocycles. The van der Waals surface area contributed by atoms with Crippen LogP contribution in [0.15, 0.2) is 53.1 Å². The molecule has 0 bridgehead atoms. The van der Waals surface area contributed by atoms with Crippen molar-refractivity contribution in [2.45, 2.75) is 13.5 Å². The number of nitrogens with zero attached hydrogens (tertiary/aromatic N) is 4. The Kier molecular flexibility index (Phi) is 5.16. The molecule has 0 unspecified atom stereocenters. The van der Waals surface area contributed by atoms with Gasteiger partial charge in [0.2, 0.25) is 11.7 Å². The summed E-state index contributed by atoms with van der Waals surface area (Å²) in [7, 11) is 0. The third-order valence-corrected chi connectivity index (χ3v) is 4.89. The summed E-state index contributed by atoms with van der Waals surface area (Å²) in [4.78, 5) is 21.0. The van der Waals surface area contributed by atoms with Crippen LogP contribution in [0.3, 0.4) is 0 Å². The van der Waals surface area contributed by atoms with Crippen LogP contribution in [0.4, 0.5) is 4.39 Å². The molecule has 144 valence electrons. The molecule has 1 amide bonds. The number of carbonyl (C=O) groups excluding carboxylic acids is 1. The van der Waals surface area contributed by atoms with Crippen molar-refractivity contribution in [1.29, 1.82) is 0 Å². The molecule has 1 aliphatic rings. The van der Waals surface area contributed by atoms with Crippen molar-refractivity contribution in [3.63, 3.8) is 0 Å². The van der Waals surface area contributed by atoms with Crippen molar-refractivity contribution < 1.29 is 13.7 Å². The van der Waals surface area contributed by atoms with Crippen LogP contribution >= 0.6 is 0 Å². The second-order valence-electron chi connectivity index (χ2n) is 6.95. The van der Waals surface area contributed by atoms with Gasteiger partial charge in [0.05, 0.1) is 6.54 Å². The molecule has 0 N–H and O–H groups in total. The van der Waals surface area contributed by atoms with E-state index in [0.29, 0.717) is 36.9 Å². The van der Waals surface area contributed by atoms with Gasteiger partial charge in [-0.25, -0.2) is 4.39 Å². The molecule has 0 atom stereocenters. The van der Waals surface area contributed by atoms with Crippen molar-refractivity contribution in [3.05, 3.63) is 71.4 Å². The van der Waals surface area contributed by atoms with Gasteiger partial charge in [0.1, 0.15) is 5.82 Å². The topological polar surface area (TPSA) is 62.5 Å². The SMILES string of the molecule is Cc1ccc(-c2noc(CN3CCN(C(=O)c4ccc(F)cc4)CC3)n2)cc1. The fourth-order valence-electron chi connectivity index (χ4n) is 3.21. The second kappa shape index (κ2) is 7.90. The van der Waals surface area contributed by atoms with Crippen LogP contribution in [-0.4, -0.2) is 52.0 Å². The van der Waals surface area contributed by atoms with Gasteiger partial charge in [-0.05, 0) is 31.2 Å². The Hall–Kier alpha value is -3.06. The number of amides is 1. The van der Waals surface area contributed by atoms with Gasteiger partial charge in [-0.2, -0.15) is 4.98 Å². The summed E-state index contributed by atoms with van der Waals surface area (Å²) < 4.78 is 18.4. The summed E-state index contributed by atoms with van der Waals surface area (Å²) in [5, 5.41) is 4.06. The van der Waals surface area contributed by atoms with Gasteiger partial charge < -0.3 is 9.42 Å². The molecule has 28 heavy (non-hydrogen) atoms. The van der Waals surface area contributed by atoms with E-state index in [1.807, 2.05) is 31.2 Å². The molecule has 1 fully saturated rings. The highest BCUT2D eigenvalue weighted by Crippen LogP contribution is 2.18. The maximum Gasteiger partial charge on any atom is 0.253 e. The van der Waals surface area contributed by atoms with E-state index in [1.54, 1.807) is 4.90 Å². The van der Waals surface area contributed by atoms with Crippen molar-refractivity contribution in [3.8, 4) is 11.4 Å². The van der Waals surface area contributed by atoms with Crippen molar-refractivity contribution in [2.75, 3.05) is 26.2 Å². The smallest absolute Gasteiger partial charge is 0.253 e. The molecule has 3 aromatic rings. The standard InChI is InChI=1S/C21H21FN4O2/c1-15-2-4-16(5-3-15)20-23-19(28-24-20)14-25-10-12-26(13-11-25)21(27)17-6-8-18(22)9-7-17/h2-9H,10-14H2,1H3. The Balaban J connectivity index is 1.33. The lowest BCUT2D eigenvalue weighted by molar-refractivity contribution is 0.0615. The molecule has 7 heteroatoms. The number of carbonyl (C=O) groups is 1. The fourth-order valence-corrected chi connectivity index (χ4v) is 3.21. The third kappa shape index (κ3) is 4.09. The van der Waals surface area contributed by atoms with Crippen LogP contribution in [-0.2, 0) is 6.54 Å². The minimum absolute atomic E-state index is 0.0703. The number of rotatable bonds is 4. The zero-order valence-electron chi connectivity index (χ0n) is 15.6. The summed E-state index contributed by atoms with van der Waals surface area (Å²) in [6.07, 6.45) is 0. The highest BCUT2D eigenvalue weighted by Gasteiger charge is 2.23. The maximum atomic E-state index is 13.0. The fraction of sp³-hybridized carbons (Fsp3) is 0.286. The van der Waals surface area contributed by atoms with Gasteiger partial charge in [-0.3, -0.25) is 9.69 Å². The number of benzene rings is 2. The summed E-state index contributed by atoms with van der Waals surface area (Å²) in [5.74, 6) is 0.735. The largest absolute Gasteiger partial charge is 0.338 e.